The maximum atomic E-state index is 11.4. The van der Waals surface area contributed by atoms with E-state index in [0.29, 0.717) is 12.1 Å². The number of amides is 1. The van der Waals surface area contributed by atoms with Crippen LogP contribution in [0.4, 0.5) is 0 Å². The largest absolute Gasteiger partial charge is 0.336 e. The van der Waals surface area contributed by atoms with Gasteiger partial charge in [-0.15, -0.1) is 11.6 Å². The number of carbonyl (C=O) groups is 1. The maximum absolute atomic E-state index is 11.4. The van der Waals surface area contributed by atoms with Gasteiger partial charge in [-0.1, -0.05) is 0 Å². The van der Waals surface area contributed by atoms with Crippen molar-refractivity contribution in [2.24, 2.45) is 0 Å². The van der Waals surface area contributed by atoms with E-state index in [2.05, 4.69) is 13.8 Å². The Bertz CT molecular complexity index is 162. The predicted molar refractivity (Wildman–Crippen MR) is 50.3 cm³/mol. The number of nitrogens with zero attached hydrogens (tertiary/aromatic N) is 1. The van der Waals surface area contributed by atoms with E-state index in [1.54, 1.807) is 0 Å². The standard InChI is InChI=1S/C9H16ClNO/c1-7-4-3-5-8(2)11(7)9(12)6-10/h7-8H,3-6H2,1-2H3/t7-,8-/m0/s1. The Morgan fingerprint density at radius 2 is 1.92 bits per heavy atom. The summed E-state index contributed by atoms with van der Waals surface area (Å²) in [6.45, 7) is 4.19. The zero-order valence-electron chi connectivity index (χ0n) is 7.72. The average molecular weight is 190 g/mol. The summed E-state index contributed by atoms with van der Waals surface area (Å²) in [4.78, 5) is 13.3. The molecule has 0 aromatic heterocycles. The van der Waals surface area contributed by atoms with Gasteiger partial charge in [-0.2, -0.15) is 0 Å². The first-order valence-electron chi connectivity index (χ1n) is 4.54. The smallest absolute Gasteiger partial charge is 0.237 e. The Balaban J connectivity index is 2.62. The number of halogens is 1. The summed E-state index contributed by atoms with van der Waals surface area (Å²) in [7, 11) is 0. The minimum Gasteiger partial charge on any atom is -0.336 e. The normalized spacial score (nSPS) is 30.4. The second kappa shape index (κ2) is 4.13. The molecule has 3 heteroatoms. The third kappa shape index (κ3) is 1.92. The number of piperidine rings is 1. The molecule has 70 valence electrons. The van der Waals surface area contributed by atoms with Gasteiger partial charge < -0.3 is 4.90 Å². The van der Waals surface area contributed by atoms with Crippen LogP contribution in [0.1, 0.15) is 33.1 Å². The van der Waals surface area contributed by atoms with Crippen molar-refractivity contribution in [3.8, 4) is 0 Å². The Labute approximate surface area is 78.9 Å². The Morgan fingerprint density at radius 1 is 1.42 bits per heavy atom. The molecule has 1 amide bonds. The molecule has 1 heterocycles. The monoisotopic (exact) mass is 189 g/mol. The summed E-state index contributed by atoms with van der Waals surface area (Å²) < 4.78 is 0. The molecule has 0 bridgehead atoms. The predicted octanol–water partition coefficient (Wildman–Crippen LogP) is 2.01. The molecule has 1 aliphatic heterocycles. The van der Waals surface area contributed by atoms with Crippen molar-refractivity contribution in [3.63, 3.8) is 0 Å². The molecule has 0 saturated carbocycles. The van der Waals surface area contributed by atoms with Crippen LogP contribution in [0.2, 0.25) is 0 Å². The molecule has 0 N–H and O–H groups in total. The van der Waals surface area contributed by atoms with E-state index in [-0.39, 0.29) is 11.8 Å². The van der Waals surface area contributed by atoms with Gasteiger partial charge in [0, 0.05) is 12.1 Å². The Kier molecular flexibility index (Phi) is 3.39. The molecule has 0 aromatic carbocycles. The molecule has 0 spiro atoms. The lowest BCUT2D eigenvalue weighted by Crippen LogP contribution is -2.48. The number of hydrogen-bond donors (Lipinski definition) is 0. The molecule has 0 aliphatic carbocycles. The van der Waals surface area contributed by atoms with Crippen LogP contribution in [0.3, 0.4) is 0 Å². The summed E-state index contributed by atoms with van der Waals surface area (Å²) in [5.41, 5.74) is 0. The van der Waals surface area contributed by atoms with E-state index in [9.17, 15) is 4.79 Å². The second-order valence-corrected chi connectivity index (χ2v) is 3.83. The van der Waals surface area contributed by atoms with Crippen molar-refractivity contribution in [1.82, 2.24) is 4.90 Å². The first-order chi connectivity index (χ1) is 5.66. The fourth-order valence-corrected chi connectivity index (χ4v) is 2.12. The van der Waals surface area contributed by atoms with Crippen molar-refractivity contribution >= 4 is 17.5 Å². The number of alkyl halides is 1. The average Bonchev–Trinajstić information content (AvgIpc) is 2.03. The van der Waals surface area contributed by atoms with Crippen molar-refractivity contribution in [2.75, 3.05) is 5.88 Å². The van der Waals surface area contributed by atoms with Crippen LogP contribution < -0.4 is 0 Å². The SMILES string of the molecule is C[C@H]1CCC[C@H](C)N1C(=O)CCl. The Hall–Kier alpha value is -0.240. The lowest BCUT2D eigenvalue weighted by atomic mass is 9.98. The number of hydrogen-bond acceptors (Lipinski definition) is 1. The van der Waals surface area contributed by atoms with Gasteiger partial charge in [-0.05, 0) is 33.1 Å². The van der Waals surface area contributed by atoms with E-state index in [1.807, 2.05) is 4.90 Å². The van der Waals surface area contributed by atoms with Gasteiger partial charge in [0.2, 0.25) is 5.91 Å². The van der Waals surface area contributed by atoms with Gasteiger partial charge in [0.25, 0.3) is 0 Å². The first kappa shape index (κ1) is 9.85. The van der Waals surface area contributed by atoms with Gasteiger partial charge in [-0.25, -0.2) is 0 Å². The number of carbonyl (C=O) groups excluding carboxylic acids is 1. The summed E-state index contributed by atoms with van der Waals surface area (Å²) >= 11 is 5.52. The Morgan fingerprint density at radius 3 is 2.33 bits per heavy atom. The van der Waals surface area contributed by atoms with Crippen LogP contribution in [0, 0.1) is 0 Å². The van der Waals surface area contributed by atoms with Gasteiger partial charge in [-0.3, -0.25) is 4.79 Å². The fourth-order valence-electron chi connectivity index (χ4n) is 1.98. The van der Waals surface area contributed by atoms with E-state index in [1.165, 1.54) is 6.42 Å². The number of likely N-dealkylation sites (tertiary alicyclic amines) is 1. The molecule has 1 fully saturated rings. The van der Waals surface area contributed by atoms with Gasteiger partial charge >= 0.3 is 0 Å². The van der Waals surface area contributed by atoms with Gasteiger partial charge in [0.15, 0.2) is 0 Å². The summed E-state index contributed by atoms with van der Waals surface area (Å²) in [6.07, 6.45) is 3.47. The third-order valence-electron chi connectivity index (χ3n) is 2.60. The molecular formula is C9H16ClNO. The molecule has 0 radical (unpaired) electrons. The first-order valence-corrected chi connectivity index (χ1v) is 5.07. The van der Waals surface area contributed by atoms with Crippen LogP contribution in [0.5, 0.6) is 0 Å². The topological polar surface area (TPSA) is 20.3 Å². The lowest BCUT2D eigenvalue weighted by Gasteiger charge is -2.38. The quantitative estimate of drug-likeness (QED) is 0.578. The molecule has 1 aliphatic rings. The van der Waals surface area contributed by atoms with E-state index in [0.717, 1.165) is 12.8 Å². The minimum atomic E-state index is 0.0800. The highest BCUT2D eigenvalue weighted by Crippen LogP contribution is 2.22. The summed E-state index contributed by atoms with van der Waals surface area (Å²) in [6, 6.07) is 0.750. The van der Waals surface area contributed by atoms with Crippen LogP contribution in [0.25, 0.3) is 0 Å². The van der Waals surface area contributed by atoms with E-state index < -0.39 is 0 Å². The zero-order chi connectivity index (χ0) is 9.14. The van der Waals surface area contributed by atoms with E-state index >= 15 is 0 Å². The molecular weight excluding hydrogens is 174 g/mol. The van der Waals surface area contributed by atoms with Crippen molar-refractivity contribution in [2.45, 2.75) is 45.2 Å². The van der Waals surface area contributed by atoms with E-state index in [4.69, 9.17) is 11.6 Å². The van der Waals surface area contributed by atoms with Crippen LogP contribution in [-0.4, -0.2) is 28.8 Å². The van der Waals surface area contributed by atoms with Crippen LogP contribution in [-0.2, 0) is 4.79 Å². The van der Waals surface area contributed by atoms with Crippen molar-refractivity contribution in [1.29, 1.82) is 0 Å². The minimum absolute atomic E-state index is 0.0800. The van der Waals surface area contributed by atoms with Gasteiger partial charge in [0.05, 0.1) is 0 Å². The lowest BCUT2D eigenvalue weighted by molar-refractivity contribution is -0.134. The molecule has 2 nitrogen and oxygen atoms in total. The van der Waals surface area contributed by atoms with Crippen LogP contribution >= 0.6 is 11.6 Å². The highest BCUT2D eigenvalue weighted by molar-refractivity contribution is 6.27. The molecule has 1 rings (SSSR count). The molecule has 1 saturated heterocycles. The van der Waals surface area contributed by atoms with Crippen molar-refractivity contribution < 1.29 is 4.79 Å². The molecule has 12 heavy (non-hydrogen) atoms. The molecule has 0 aromatic rings. The fraction of sp³-hybridized carbons (Fsp3) is 0.889. The van der Waals surface area contributed by atoms with Gasteiger partial charge in [0.1, 0.15) is 5.88 Å². The second-order valence-electron chi connectivity index (χ2n) is 3.56. The van der Waals surface area contributed by atoms with Crippen LogP contribution in [0.15, 0.2) is 0 Å². The third-order valence-corrected chi connectivity index (χ3v) is 2.82. The molecule has 2 atom stereocenters. The highest BCUT2D eigenvalue weighted by atomic mass is 35.5. The molecule has 0 unspecified atom stereocenters. The number of rotatable bonds is 1. The van der Waals surface area contributed by atoms with Crippen molar-refractivity contribution in [3.05, 3.63) is 0 Å². The summed E-state index contributed by atoms with van der Waals surface area (Å²) in [5.74, 6) is 0.200. The maximum Gasteiger partial charge on any atom is 0.237 e. The summed E-state index contributed by atoms with van der Waals surface area (Å²) in [5, 5.41) is 0. The highest BCUT2D eigenvalue weighted by Gasteiger charge is 2.27. The zero-order valence-corrected chi connectivity index (χ0v) is 8.47.